The minimum atomic E-state index is -0.326. The number of carbonyl (C=O) groups is 1. The first-order valence-electron chi connectivity index (χ1n) is 14.8. The molecule has 1 aromatic carbocycles. The number of piperidine rings is 1. The van der Waals surface area contributed by atoms with E-state index in [1.54, 1.807) is 34.4 Å². The number of pyridine rings is 1. The lowest BCUT2D eigenvalue weighted by Gasteiger charge is -2.33. The van der Waals surface area contributed by atoms with Crippen molar-refractivity contribution in [2.75, 3.05) is 30.4 Å². The molecule has 11 heteroatoms. The van der Waals surface area contributed by atoms with Crippen molar-refractivity contribution in [3.63, 3.8) is 0 Å². The summed E-state index contributed by atoms with van der Waals surface area (Å²) in [6, 6.07) is 12.4. The minimum Gasteiger partial charge on any atom is -0.370 e. The number of rotatable bonds is 9. The van der Waals surface area contributed by atoms with E-state index in [0.717, 1.165) is 53.6 Å². The zero-order chi connectivity index (χ0) is 29.5. The van der Waals surface area contributed by atoms with Crippen LogP contribution in [0.3, 0.4) is 0 Å². The number of likely N-dealkylation sites (N-methyl/N-ethyl adjacent to an activating group) is 1. The molecule has 4 aromatic heterocycles. The Morgan fingerprint density at radius 3 is 2.72 bits per heavy atom. The Labute approximate surface area is 253 Å². The highest BCUT2D eigenvalue weighted by Gasteiger charge is 2.33. The first-order chi connectivity index (χ1) is 21.0. The van der Waals surface area contributed by atoms with Crippen LogP contribution in [-0.2, 0) is 13.6 Å². The molecule has 1 aliphatic carbocycles. The summed E-state index contributed by atoms with van der Waals surface area (Å²) >= 11 is 1.55. The van der Waals surface area contributed by atoms with Gasteiger partial charge in [0, 0.05) is 78.9 Å². The van der Waals surface area contributed by atoms with E-state index in [0.29, 0.717) is 23.0 Å². The molecule has 5 aromatic rings. The second kappa shape index (κ2) is 11.4. The second-order valence-electron chi connectivity index (χ2n) is 11.5. The molecule has 2 fully saturated rings. The van der Waals surface area contributed by atoms with Gasteiger partial charge < -0.3 is 20.1 Å². The van der Waals surface area contributed by atoms with E-state index in [-0.39, 0.29) is 29.4 Å². The van der Waals surface area contributed by atoms with Gasteiger partial charge in [-0.25, -0.2) is 9.97 Å². The highest BCUT2D eigenvalue weighted by molar-refractivity contribution is 7.13. The smallest absolute Gasteiger partial charge is 0.263 e. The van der Waals surface area contributed by atoms with E-state index < -0.39 is 0 Å². The van der Waals surface area contributed by atoms with Gasteiger partial charge in [-0.2, -0.15) is 4.98 Å². The standard InChI is InChI=1S/C32H34N8O2S/c1-38-14-11-21(27(38)30-34-13-15-43-30)19-40-29-22(16-26(31(40)42)28(41)20-5-6-20)17-35-32(37-29)36-23-7-9-24(10-8-23)39(2)25-4-3-12-33-18-25/h7-11,13-17,20,25,33H,3-6,12,18-19H2,1-2H3,(H,35,36,37). The number of ketones is 1. The van der Waals surface area contributed by atoms with Gasteiger partial charge in [-0.1, -0.05) is 0 Å². The molecule has 2 aliphatic rings. The molecule has 1 saturated carbocycles. The lowest BCUT2D eigenvalue weighted by molar-refractivity contribution is 0.0966. The number of hydrogen-bond acceptors (Lipinski definition) is 9. The number of nitrogens with zero attached hydrogens (tertiary/aromatic N) is 6. The highest BCUT2D eigenvalue weighted by Crippen LogP contribution is 2.33. The number of hydrogen-bond donors (Lipinski definition) is 2. The molecule has 0 bridgehead atoms. The highest BCUT2D eigenvalue weighted by atomic mass is 32.1. The Morgan fingerprint density at radius 2 is 2.00 bits per heavy atom. The SMILES string of the molecule is CN(c1ccc(Nc2ncc3cc(C(=O)C4CC4)c(=O)n(Cc4ccn(C)c4-c4nccs4)c3n2)cc1)C1CCCNC1. The van der Waals surface area contributed by atoms with Gasteiger partial charge in [-0.05, 0) is 68.6 Å². The average Bonchev–Trinajstić information content (AvgIpc) is 3.63. The average molecular weight is 595 g/mol. The maximum absolute atomic E-state index is 13.9. The molecule has 0 spiro atoms. The van der Waals surface area contributed by atoms with Gasteiger partial charge in [0.15, 0.2) is 5.78 Å². The van der Waals surface area contributed by atoms with Crippen molar-refractivity contribution in [3.8, 4) is 10.7 Å². The second-order valence-corrected chi connectivity index (χ2v) is 12.4. The predicted octanol–water partition coefficient (Wildman–Crippen LogP) is 4.83. The van der Waals surface area contributed by atoms with E-state index in [4.69, 9.17) is 4.98 Å². The Hall–Kier alpha value is -4.35. The van der Waals surface area contributed by atoms with Crippen molar-refractivity contribution in [1.82, 2.24) is 29.4 Å². The van der Waals surface area contributed by atoms with Gasteiger partial charge in [0.05, 0.1) is 17.8 Å². The zero-order valence-corrected chi connectivity index (χ0v) is 25.1. The summed E-state index contributed by atoms with van der Waals surface area (Å²) in [5.74, 6) is 0.220. The Bertz CT molecular complexity index is 1830. The number of carbonyl (C=O) groups excluding carboxylic acids is 1. The van der Waals surface area contributed by atoms with E-state index in [2.05, 4.69) is 44.7 Å². The van der Waals surface area contributed by atoms with Crippen molar-refractivity contribution < 1.29 is 4.79 Å². The molecule has 10 nitrogen and oxygen atoms in total. The van der Waals surface area contributed by atoms with Crippen LogP contribution in [0.15, 0.2) is 65.2 Å². The van der Waals surface area contributed by atoms with Crippen LogP contribution in [-0.4, -0.2) is 56.0 Å². The predicted molar refractivity (Wildman–Crippen MR) is 170 cm³/mol. The third kappa shape index (κ3) is 5.46. The fourth-order valence-corrected chi connectivity index (χ4v) is 6.66. The van der Waals surface area contributed by atoms with Crippen molar-refractivity contribution in [3.05, 3.63) is 81.8 Å². The summed E-state index contributed by atoms with van der Waals surface area (Å²) < 4.78 is 3.62. The van der Waals surface area contributed by atoms with Crippen LogP contribution in [0, 0.1) is 5.92 Å². The normalized spacial score (nSPS) is 16.8. The van der Waals surface area contributed by atoms with Crippen molar-refractivity contribution in [2.45, 2.75) is 38.3 Å². The van der Waals surface area contributed by atoms with Crippen LogP contribution in [0.2, 0.25) is 0 Å². The van der Waals surface area contributed by atoms with Crippen LogP contribution in [0.4, 0.5) is 17.3 Å². The maximum Gasteiger partial charge on any atom is 0.263 e. The van der Waals surface area contributed by atoms with Crippen LogP contribution in [0.5, 0.6) is 0 Å². The summed E-state index contributed by atoms with van der Waals surface area (Å²) in [6.45, 7) is 2.33. The molecule has 1 saturated heterocycles. The number of benzene rings is 1. The number of aryl methyl sites for hydroxylation is 1. The minimum absolute atomic E-state index is 0.0699. The van der Waals surface area contributed by atoms with Gasteiger partial charge >= 0.3 is 0 Å². The Morgan fingerprint density at radius 1 is 1.16 bits per heavy atom. The van der Waals surface area contributed by atoms with Gasteiger partial charge in [0.25, 0.3) is 5.56 Å². The first-order valence-corrected chi connectivity index (χ1v) is 15.6. The first kappa shape index (κ1) is 27.5. The molecule has 0 radical (unpaired) electrons. The third-order valence-electron chi connectivity index (χ3n) is 8.51. The van der Waals surface area contributed by atoms with Gasteiger partial charge in [-0.15, -0.1) is 11.3 Å². The number of thiazole rings is 1. The molecule has 220 valence electrons. The Kier molecular flexibility index (Phi) is 7.28. The monoisotopic (exact) mass is 594 g/mol. The number of anilines is 3. The molecular formula is C32H34N8O2S. The largest absolute Gasteiger partial charge is 0.370 e. The Balaban J connectivity index is 1.23. The van der Waals surface area contributed by atoms with E-state index >= 15 is 0 Å². The van der Waals surface area contributed by atoms with Crippen molar-refractivity contribution in [2.24, 2.45) is 13.0 Å². The number of aromatic nitrogens is 5. The van der Waals surface area contributed by atoms with Crippen molar-refractivity contribution >= 4 is 45.5 Å². The van der Waals surface area contributed by atoms with E-state index in [1.165, 1.54) is 12.8 Å². The fraction of sp³-hybridized carbons (Fsp3) is 0.344. The van der Waals surface area contributed by atoms with E-state index in [1.807, 2.05) is 41.4 Å². The molecule has 5 heterocycles. The topological polar surface area (TPSA) is 110 Å². The molecule has 1 aliphatic heterocycles. The molecule has 7 rings (SSSR count). The summed E-state index contributed by atoms with van der Waals surface area (Å²) in [4.78, 5) is 43.2. The quantitative estimate of drug-likeness (QED) is 0.234. The molecule has 0 amide bonds. The summed E-state index contributed by atoms with van der Waals surface area (Å²) in [7, 11) is 4.11. The number of Topliss-reactive ketones (excluding diaryl/α,β-unsaturated/α-hetero) is 1. The molecular weight excluding hydrogens is 560 g/mol. The molecule has 43 heavy (non-hydrogen) atoms. The van der Waals surface area contributed by atoms with Gasteiger partial charge in [-0.3, -0.25) is 14.2 Å². The summed E-state index contributed by atoms with van der Waals surface area (Å²) in [6.07, 6.45) is 9.45. The zero-order valence-electron chi connectivity index (χ0n) is 24.3. The lowest BCUT2D eigenvalue weighted by Crippen LogP contribution is -2.44. The molecule has 1 atom stereocenters. The van der Waals surface area contributed by atoms with Crippen LogP contribution in [0.1, 0.15) is 41.6 Å². The van der Waals surface area contributed by atoms with Crippen molar-refractivity contribution in [1.29, 1.82) is 0 Å². The number of fused-ring (bicyclic) bond motifs is 1. The van der Waals surface area contributed by atoms with Crippen LogP contribution in [0.25, 0.3) is 21.7 Å². The third-order valence-corrected chi connectivity index (χ3v) is 9.29. The van der Waals surface area contributed by atoms with E-state index in [9.17, 15) is 9.59 Å². The van der Waals surface area contributed by atoms with Gasteiger partial charge in [0.2, 0.25) is 5.95 Å². The summed E-state index contributed by atoms with van der Waals surface area (Å²) in [5.41, 5.74) is 4.23. The van der Waals surface area contributed by atoms with Crippen LogP contribution < -0.4 is 21.1 Å². The summed E-state index contributed by atoms with van der Waals surface area (Å²) in [5, 5.41) is 10.2. The molecule has 2 N–H and O–H groups in total. The lowest BCUT2D eigenvalue weighted by atomic mass is 10.1. The van der Waals surface area contributed by atoms with Crippen LogP contribution >= 0.6 is 11.3 Å². The fourth-order valence-electron chi connectivity index (χ4n) is 5.90. The number of nitrogens with one attached hydrogen (secondary N) is 2. The maximum atomic E-state index is 13.9. The molecule has 1 unspecified atom stereocenters. The van der Waals surface area contributed by atoms with Gasteiger partial charge in [0.1, 0.15) is 10.7 Å².